The highest BCUT2D eigenvalue weighted by Crippen LogP contribution is 2.41. The average Bonchev–Trinajstić information content (AvgIpc) is 3.40. The first kappa shape index (κ1) is 16.0. The van der Waals surface area contributed by atoms with Crippen LogP contribution >= 0.6 is 47.0 Å². The van der Waals surface area contributed by atoms with Crippen LogP contribution in [0.2, 0.25) is 0 Å². The summed E-state index contributed by atoms with van der Waals surface area (Å²) in [6.07, 6.45) is 0. The van der Waals surface area contributed by atoms with Crippen molar-refractivity contribution in [2.24, 2.45) is 0 Å². The fraction of sp³-hybridized carbons (Fsp3) is 0.400. The second-order valence-electron chi connectivity index (χ2n) is 6.65. The van der Waals surface area contributed by atoms with Crippen LogP contribution in [0.5, 0.6) is 0 Å². The van der Waals surface area contributed by atoms with E-state index in [1.165, 1.54) is 46.0 Å². The van der Waals surface area contributed by atoms with Crippen LogP contribution in [0.15, 0.2) is 24.3 Å². The van der Waals surface area contributed by atoms with Gasteiger partial charge in [0, 0.05) is 46.0 Å². The van der Waals surface area contributed by atoms with Gasteiger partial charge in [-0.25, -0.2) is 0 Å². The maximum atomic E-state index is 2.33. The average molecular weight is 389 g/mol. The van der Waals surface area contributed by atoms with E-state index in [1.807, 2.05) is 0 Å². The Bertz CT molecular complexity index is 663. The largest absolute Gasteiger partial charge is 0.152 e. The molecule has 0 atom stereocenters. The molecule has 0 fully saturated rings. The standard InChI is InChI=1S/2C10H10S2/c2*1-2-8-4-12-6-10(8)9-5-11-3-7(1)9/h2*1-2H,3-6H2. The van der Waals surface area contributed by atoms with E-state index in [0.717, 1.165) is 0 Å². The minimum absolute atomic E-state index is 1.24. The molecule has 6 rings (SSSR count). The second-order valence-corrected chi connectivity index (χ2v) is 10.6. The van der Waals surface area contributed by atoms with Crippen molar-refractivity contribution in [3.05, 3.63) is 68.8 Å². The smallest absolute Gasteiger partial charge is 0.0194 e. The summed E-state index contributed by atoms with van der Waals surface area (Å²) < 4.78 is 0. The maximum absolute atomic E-state index is 2.33. The van der Waals surface area contributed by atoms with Gasteiger partial charge in [0.2, 0.25) is 0 Å². The fourth-order valence-corrected chi connectivity index (χ4v) is 8.52. The van der Waals surface area contributed by atoms with Crippen molar-refractivity contribution < 1.29 is 0 Å². The third kappa shape index (κ3) is 2.84. The van der Waals surface area contributed by atoms with Gasteiger partial charge in [0.15, 0.2) is 0 Å². The highest BCUT2D eigenvalue weighted by Gasteiger charge is 2.22. The van der Waals surface area contributed by atoms with Gasteiger partial charge in [0.05, 0.1) is 0 Å². The Labute approximate surface area is 161 Å². The molecular formula is C20H20S4. The number of benzene rings is 2. The Morgan fingerprint density at radius 2 is 0.625 bits per heavy atom. The minimum atomic E-state index is 1.24. The lowest BCUT2D eigenvalue weighted by molar-refractivity contribution is 1.22. The molecule has 2 aromatic carbocycles. The molecule has 0 bridgehead atoms. The lowest BCUT2D eigenvalue weighted by Crippen LogP contribution is -1.91. The SMILES string of the molecule is c1cc2c(c3c1CSC3)CSC2.c1cc2c(c3c1CSC3)CSC2. The van der Waals surface area contributed by atoms with Gasteiger partial charge in [-0.15, -0.1) is 0 Å². The maximum Gasteiger partial charge on any atom is 0.0194 e. The molecule has 0 radical (unpaired) electrons. The molecule has 0 N–H and O–H groups in total. The van der Waals surface area contributed by atoms with Crippen LogP contribution in [-0.2, 0) is 46.0 Å². The Hall–Kier alpha value is -0.160. The van der Waals surface area contributed by atoms with E-state index in [1.54, 1.807) is 44.5 Å². The zero-order valence-electron chi connectivity index (χ0n) is 13.6. The van der Waals surface area contributed by atoms with E-state index >= 15 is 0 Å². The Morgan fingerprint density at radius 3 is 0.875 bits per heavy atom. The van der Waals surface area contributed by atoms with E-state index in [2.05, 4.69) is 71.3 Å². The molecule has 0 saturated carbocycles. The molecule has 4 heteroatoms. The van der Waals surface area contributed by atoms with Crippen molar-refractivity contribution >= 4 is 47.0 Å². The third-order valence-corrected chi connectivity index (χ3v) is 9.30. The molecule has 0 amide bonds. The van der Waals surface area contributed by atoms with E-state index in [-0.39, 0.29) is 0 Å². The van der Waals surface area contributed by atoms with Gasteiger partial charge in [-0.3, -0.25) is 0 Å². The monoisotopic (exact) mass is 388 g/mol. The van der Waals surface area contributed by atoms with Crippen LogP contribution in [-0.4, -0.2) is 0 Å². The Morgan fingerprint density at radius 1 is 0.375 bits per heavy atom. The van der Waals surface area contributed by atoms with Crippen LogP contribution in [0.4, 0.5) is 0 Å². The van der Waals surface area contributed by atoms with Crippen LogP contribution < -0.4 is 0 Å². The number of fused-ring (bicyclic) bond motifs is 6. The number of thioether (sulfide) groups is 4. The Balaban J connectivity index is 0.000000109. The summed E-state index contributed by atoms with van der Waals surface area (Å²) in [5.74, 6) is 10.0. The normalized spacial score (nSPS) is 19.3. The van der Waals surface area contributed by atoms with Crippen LogP contribution in [0.1, 0.15) is 44.5 Å². The molecule has 0 nitrogen and oxygen atoms in total. The molecule has 2 aromatic rings. The third-order valence-electron chi connectivity index (χ3n) is 5.27. The van der Waals surface area contributed by atoms with Gasteiger partial charge in [-0.05, 0) is 44.5 Å². The summed E-state index contributed by atoms with van der Waals surface area (Å²) >= 11 is 8.24. The minimum Gasteiger partial charge on any atom is -0.152 e. The molecule has 0 spiro atoms. The summed E-state index contributed by atoms with van der Waals surface area (Å²) in [5.41, 5.74) is 13.1. The molecule has 4 heterocycles. The zero-order chi connectivity index (χ0) is 15.9. The van der Waals surface area contributed by atoms with Gasteiger partial charge in [-0.1, -0.05) is 24.3 Å². The molecule has 0 unspecified atom stereocenters. The van der Waals surface area contributed by atoms with Gasteiger partial charge in [0.1, 0.15) is 0 Å². The quantitative estimate of drug-likeness (QED) is 0.514. The number of hydrogen-bond donors (Lipinski definition) is 0. The molecule has 0 aromatic heterocycles. The van der Waals surface area contributed by atoms with Crippen molar-refractivity contribution in [1.29, 1.82) is 0 Å². The summed E-state index contributed by atoms with van der Waals surface area (Å²) in [6.45, 7) is 0. The van der Waals surface area contributed by atoms with Crippen molar-refractivity contribution in [1.82, 2.24) is 0 Å². The summed E-state index contributed by atoms with van der Waals surface area (Å²) in [7, 11) is 0. The van der Waals surface area contributed by atoms with Gasteiger partial charge in [0.25, 0.3) is 0 Å². The number of rotatable bonds is 0. The van der Waals surface area contributed by atoms with Gasteiger partial charge >= 0.3 is 0 Å². The lowest BCUT2D eigenvalue weighted by atomic mass is 10.0. The van der Waals surface area contributed by atoms with E-state index in [9.17, 15) is 0 Å². The first-order chi connectivity index (χ1) is 11.9. The Kier molecular flexibility index (Phi) is 4.59. The highest BCUT2D eigenvalue weighted by molar-refractivity contribution is 7.98. The molecule has 4 aliphatic rings. The first-order valence-corrected chi connectivity index (χ1v) is 13.1. The van der Waals surface area contributed by atoms with Crippen molar-refractivity contribution in [3.63, 3.8) is 0 Å². The molecule has 0 saturated heterocycles. The first-order valence-electron chi connectivity index (χ1n) is 8.46. The van der Waals surface area contributed by atoms with Crippen LogP contribution in [0.25, 0.3) is 0 Å². The summed E-state index contributed by atoms with van der Waals surface area (Å²) in [5, 5.41) is 0. The topological polar surface area (TPSA) is 0 Å². The number of hydrogen-bond acceptors (Lipinski definition) is 4. The predicted molar refractivity (Wildman–Crippen MR) is 113 cm³/mol. The van der Waals surface area contributed by atoms with Crippen LogP contribution in [0.3, 0.4) is 0 Å². The lowest BCUT2D eigenvalue weighted by Gasteiger charge is -2.04. The van der Waals surface area contributed by atoms with Gasteiger partial charge < -0.3 is 0 Å². The molecular weight excluding hydrogens is 368 g/mol. The molecule has 4 aliphatic heterocycles. The second kappa shape index (κ2) is 6.86. The van der Waals surface area contributed by atoms with E-state index in [0.29, 0.717) is 0 Å². The van der Waals surface area contributed by atoms with E-state index < -0.39 is 0 Å². The van der Waals surface area contributed by atoms with Crippen molar-refractivity contribution in [2.75, 3.05) is 0 Å². The molecule has 124 valence electrons. The van der Waals surface area contributed by atoms with Crippen molar-refractivity contribution in [2.45, 2.75) is 46.0 Å². The summed E-state index contributed by atoms with van der Waals surface area (Å²) in [6, 6.07) is 9.33. The fourth-order valence-electron chi connectivity index (χ4n) is 3.89. The summed E-state index contributed by atoms with van der Waals surface area (Å²) in [4.78, 5) is 0. The van der Waals surface area contributed by atoms with E-state index in [4.69, 9.17) is 0 Å². The van der Waals surface area contributed by atoms with Gasteiger partial charge in [-0.2, -0.15) is 47.0 Å². The molecule has 24 heavy (non-hydrogen) atoms. The van der Waals surface area contributed by atoms with Crippen molar-refractivity contribution in [3.8, 4) is 0 Å². The van der Waals surface area contributed by atoms with Crippen LogP contribution in [0, 0.1) is 0 Å². The predicted octanol–water partition coefficient (Wildman–Crippen LogP) is 6.36. The highest BCUT2D eigenvalue weighted by atomic mass is 32.2. The molecule has 0 aliphatic carbocycles. The zero-order valence-corrected chi connectivity index (χ0v) is 16.9.